The van der Waals surface area contributed by atoms with Crippen LogP contribution in [0.5, 0.6) is 5.75 Å². The van der Waals surface area contributed by atoms with Crippen LogP contribution in [0.1, 0.15) is 19.4 Å². The summed E-state index contributed by atoms with van der Waals surface area (Å²) < 4.78 is 5.93. The molecule has 27 heavy (non-hydrogen) atoms. The molecule has 0 atom stereocenters. The van der Waals surface area contributed by atoms with Gasteiger partial charge in [-0.25, -0.2) is 0 Å². The molecule has 1 aliphatic rings. The lowest BCUT2D eigenvalue weighted by molar-refractivity contribution is -0.132. The van der Waals surface area contributed by atoms with Gasteiger partial charge in [-0.05, 0) is 41.2 Å². The minimum absolute atomic E-state index is 0.0922. The van der Waals surface area contributed by atoms with Gasteiger partial charge in [-0.15, -0.1) is 0 Å². The molecule has 1 fully saturated rings. The second kappa shape index (κ2) is 7.48. The molecule has 1 aliphatic heterocycles. The molecule has 0 unspecified atom stereocenters. The predicted octanol–water partition coefficient (Wildman–Crippen LogP) is 3.47. The minimum Gasteiger partial charge on any atom is -0.493 e. The molecule has 0 aromatic heterocycles. The number of likely N-dealkylation sites (N-methyl/N-ethyl adjacent to an activating group) is 2. The molecule has 2 amide bonds. The Bertz CT molecular complexity index is 939. The van der Waals surface area contributed by atoms with Crippen molar-refractivity contribution < 1.29 is 14.3 Å². The summed E-state index contributed by atoms with van der Waals surface area (Å²) in [6, 6.07) is 11.6. The fourth-order valence-corrected chi connectivity index (χ4v) is 3.10. The van der Waals surface area contributed by atoms with E-state index in [9.17, 15) is 9.59 Å². The second-order valence-electron chi connectivity index (χ2n) is 6.97. The van der Waals surface area contributed by atoms with Gasteiger partial charge in [-0.1, -0.05) is 44.2 Å². The molecule has 1 saturated heterocycles. The maximum Gasteiger partial charge on any atom is 0.265 e. The summed E-state index contributed by atoms with van der Waals surface area (Å²) in [5, 5.41) is 2.06. The van der Waals surface area contributed by atoms with E-state index < -0.39 is 11.8 Å². The number of carbonyl (C=O) groups is 2. The Balaban J connectivity index is 2.08. The number of nitrogens with zero attached hydrogens (tertiary/aromatic N) is 2. The van der Waals surface area contributed by atoms with Crippen molar-refractivity contribution in [2.24, 2.45) is 5.92 Å². The summed E-state index contributed by atoms with van der Waals surface area (Å²) in [7, 11) is 3.14. The van der Waals surface area contributed by atoms with Gasteiger partial charge in [-0.2, -0.15) is 0 Å². The number of amides is 2. The van der Waals surface area contributed by atoms with E-state index in [0.29, 0.717) is 12.5 Å². The quantitative estimate of drug-likeness (QED) is 0.462. The van der Waals surface area contributed by atoms with Crippen LogP contribution < -0.4 is 4.74 Å². The first-order valence-corrected chi connectivity index (χ1v) is 9.18. The van der Waals surface area contributed by atoms with E-state index in [0.717, 1.165) is 22.1 Å². The molecule has 0 N–H and O–H groups in total. The molecule has 5 nitrogen and oxygen atoms in total. The zero-order valence-electron chi connectivity index (χ0n) is 15.9. The molecule has 0 spiro atoms. The highest BCUT2D eigenvalue weighted by Crippen LogP contribution is 2.31. The zero-order valence-corrected chi connectivity index (χ0v) is 16.7. The van der Waals surface area contributed by atoms with Gasteiger partial charge in [0.05, 0.1) is 6.61 Å². The Kier molecular flexibility index (Phi) is 5.28. The number of rotatable bonds is 4. The second-order valence-corrected chi connectivity index (χ2v) is 7.34. The number of thiocarbonyl (C=S) groups is 1. The third kappa shape index (κ3) is 3.57. The number of benzene rings is 2. The molecular weight excluding hydrogens is 360 g/mol. The Hall–Kier alpha value is -2.73. The van der Waals surface area contributed by atoms with Crippen molar-refractivity contribution in [3.05, 3.63) is 47.5 Å². The fraction of sp³-hybridized carbons (Fsp3) is 0.286. The van der Waals surface area contributed by atoms with Crippen LogP contribution in [-0.4, -0.2) is 47.4 Å². The van der Waals surface area contributed by atoms with E-state index in [1.54, 1.807) is 20.2 Å². The van der Waals surface area contributed by atoms with Crippen molar-refractivity contribution in [2.45, 2.75) is 13.8 Å². The van der Waals surface area contributed by atoms with Crippen LogP contribution in [-0.2, 0) is 9.59 Å². The molecule has 2 aromatic carbocycles. The first-order valence-electron chi connectivity index (χ1n) is 8.77. The number of carbonyl (C=O) groups excluding carboxylic acids is 2. The van der Waals surface area contributed by atoms with Gasteiger partial charge in [0.25, 0.3) is 11.8 Å². The predicted molar refractivity (Wildman–Crippen MR) is 110 cm³/mol. The highest BCUT2D eigenvalue weighted by atomic mass is 32.1. The van der Waals surface area contributed by atoms with E-state index in [1.807, 2.05) is 36.4 Å². The smallest absolute Gasteiger partial charge is 0.265 e. The van der Waals surface area contributed by atoms with Crippen LogP contribution in [0.15, 0.2) is 42.0 Å². The van der Waals surface area contributed by atoms with E-state index in [-0.39, 0.29) is 10.7 Å². The molecule has 0 bridgehead atoms. The van der Waals surface area contributed by atoms with Crippen molar-refractivity contribution in [1.29, 1.82) is 0 Å². The largest absolute Gasteiger partial charge is 0.493 e. The van der Waals surface area contributed by atoms with Crippen molar-refractivity contribution in [3.63, 3.8) is 0 Å². The lowest BCUT2D eigenvalue weighted by atomic mass is 10.00. The number of ether oxygens (including phenoxy) is 1. The van der Waals surface area contributed by atoms with Gasteiger partial charge >= 0.3 is 0 Å². The van der Waals surface area contributed by atoms with Crippen LogP contribution in [0, 0.1) is 5.92 Å². The molecule has 140 valence electrons. The fourth-order valence-electron chi connectivity index (χ4n) is 2.93. The molecule has 6 heteroatoms. The number of fused-ring (bicyclic) bond motifs is 1. The average Bonchev–Trinajstić information content (AvgIpc) is 2.67. The van der Waals surface area contributed by atoms with Crippen molar-refractivity contribution >= 4 is 46.0 Å². The number of hydrogen-bond acceptors (Lipinski definition) is 4. The molecule has 0 aliphatic carbocycles. The maximum absolute atomic E-state index is 12.6. The molecule has 2 aromatic rings. The standard InChI is InChI=1S/C21H22N2O3S/c1-13(2)12-26-18-10-9-14(15-7-5-6-8-16(15)18)11-17-19(24)22(3)21(27)23(4)20(17)25/h5-11,13H,12H2,1-4H3. The highest BCUT2D eigenvalue weighted by molar-refractivity contribution is 7.80. The maximum atomic E-state index is 12.6. The van der Waals surface area contributed by atoms with Crippen molar-refractivity contribution in [1.82, 2.24) is 9.80 Å². The topological polar surface area (TPSA) is 49.9 Å². The molecule has 0 radical (unpaired) electrons. The summed E-state index contributed by atoms with van der Waals surface area (Å²) >= 11 is 5.13. The zero-order chi connectivity index (χ0) is 19.7. The third-order valence-electron chi connectivity index (χ3n) is 4.43. The van der Waals surface area contributed by atoms with Gasteiger partial charge in [0.1, 0.15) is 11.3 Å². The van der Waals surface area contributed by atoms with Crippen LogP contribution in [0.25, 0.3) is 16.8 Å². The lowest BCUT2D eigenvalue weighted by Crippen LogP contribution is -2.52. The summed E-state index contributed by atoms with van der Waals surface area (Å²) in [5.41, 5.74) is 0.878. The van der Waals surface area contributed by atoms with Gasteiger partial charge in [0.2, 0.25) is 0 Å². The molecule has 3 rings (SSSR count). The summed E-state index contributed by atoms with van der Waals surface area (Å²) in [6.45, 7) is 4.81. The van der Waals surface area contributed by atoms with Crippen LogP contribution in [0.2, 0.25) is 0 Å². The van der Waals surface area contributed by atoms with E-state index in [1.165, 1.54) is 9.80 Å². The minimum atomic E-state index is -0.396. The highest BCUT2D eigenvalue weighted by Gasteiger charge is 2.35. The molecule has 0 saturated carbocycles. The van der Waals surface area contributed by atoms with Gasteiger partial charge < -0.3 is 4.74 Å². The Morgan fingerprint density at radius 2 is 1.59 bits per heavy atom. The molecular formula is C21H22N2O3S. The Morgan fingerprint density at radius 1 is 1.00 bits per heavy atom. The van der Waals surface area contributed by atoms with Crippen LogP contribution in [0.3, 0.4) is 0 Å². The van der Waals surface area contributed by atoms with Gasteiger partial charge in [0.15, 0.2) is 5.11 Å². The Morgan fingerprint density at radius 3 is 2.19 bits per heavy atom. The summed E-state index contributed by atoms with van der Waals surface area (Å²) in [6.07, 6.45) is 1.63. The Labute approximate surface area is 164 Å². The SMILES string of the molecule is CC(C)COc1ccc(C=C2C(=O)N(C)C(=S)N(C)C2=O)c2ccccc12. The monoisotopic (exact) mass is 382 g/mol. The van der Waals surface area contributed by atoms with E-state index in [4.69, 9.17) is 17.0 Å². The molecule has 1 heterocycles. The lowest BCUT2D eigenvalue weighted by Gasteiger charge is -2.31. The van der Waals surface area contributed by atoms with Gasteiger partial charge in [-0.3, -0.25) is 19.4 Å². The third-order valence-corrected chi connectivity index (χ3v) is 4.98. The van der Waals surface area contributed by atoms with E-state index in [2.05, 4.69) is 13.8 Å². The van der Waals surface area contributed by atoms with Crippen molar-refractivity contribution in [3.8, 4) is 5.75 Å². The normalized spacial score (nSPS) is 15.1. The van der Waals surface area contributed by atoms with Crippen molar-refractivity contribution in [2.75, 3.05) is 20.7 Å². The van der Waals surface area contributed by atoms with Gasteiger partial charge in [0, 0.05) is 19.5 Å². The average molecular weight is 382 g/mol. The number of hydrogen-bond donors (Lipinski definition) is 0. The first-order chi connectivity index (χ1) is 12.8. The summed E-state index contributed by atoms with van der Waals surface area (Å²) in [4.78, 5) is 27.8. The van der Waals surface area contributed by atoms with Crippen LogP contribution in [0.4, 0.5) is 0 Å². The summed E-state index contributed by atoms with van der Waals surface area (Å²) in [5.74, 6) is 0.413. The van der Waals surface area contributed by atoms with E-state index >= 15 is 0 Å². The van der Waals surface area contributed by atoms with Crippen LogP contribution >= 0.6 is 12.2 Å². The first kappa shape index (κ1) is 19.0.